The minimum Gasteiger partial charge on any atom is -0.493 e. The lowest BCUT2D eigenvalue weighted by atomic mass is 10.2. The lowest BCUT2D eigenvalue weighted by molar-refractivity contribution is 0.102. The van der Waals surface area contributed by atoms with Crippen molar-refractivity contribution in [3.05, 3.63) is 41.7 Å². The Balaban J connectivity index is 1.91. The van der Waals surface area contributed by atoms with Crippen LogP contribution in [0, 0.1) is 5.82 Å². The number of ether oxygens (including phenoxy) is 3. The van der Waals surface area contributed by atoms with Gasteiger partial charge in [0.15, 0.2) is 11.5 Å². The molecule has 0 aliphatic carbocycles. The van der Waals surface area contributed by atoms with Crippen LogP contribution in [0.1, 0.15) is 23.2 Å². The first-order valence-electron chi connectivity index (χ1n) is 9.23. The van der Waals surface area contributed by atoms with Crippen LogP contribution in [0.3, 0.4) is 0 Å². The van der Waals surface area contributed by atoms with Crippen molar-refractivity contribution in [2.75, 3.05) is 39.7 Å². The summed E-state index contributed by atoms with van der Waals surface area (Å²) < 4.78 is 56.7. The van der Waals surface area contributed by atoms with E-state index in [0.717, 1.165) is 25.0 Å². The van der Waals surface area contributed by atoms with Crippen LogP contribution in [0.5, 0.6) is 17.2 Å². The van der Waals surface area contributed by atoms with Crippen LogP contribution in [0.2, 0.25) is 0 Å². The van der Waals surface area contributed by atoms with Crippen molar-refractivity contribution in [1.29, 1.82) is 0 Å². The van der Waals surface area contributed by atoms with Gasteiger partial charge < -0.3 is 19.5 Å². The summed E-state index contributed by atoms with van der Waals surface area (Å²) in [7, 11) is 0.337. The Morgan fingerprint density at radius 3 is 2.13 bits per heavy atom. The molecule has 0 bridgehead atoms. The molecule has 30 heavy (non-hydrogen) atoms. The number of methoxy groups -OCH3 is 3. The average molecular weight is 438 g/mol. The Morgan fingerprint density at radius 2 is 1.60 bits per heavy atom. The van der Waals surface area contributed by atoms with Crippen LogP contribution < -0.4 is 19.5 Å². The minimum absolute atomic E-state index is 0.00271. The van der Waals surface area contributed by atoms with Crippen LogP contribution in [-0.2, 0) is 10.0 Å². The third-order valence-electron chi connectivity index (χ3n) is 4.80. The molecule has 0 spiro atoms. The molecule has 8 nitrogen and oxygen atoms in total. The second-order valence-electron chi connectivity index (χ2n) is 6.62. The third-order valence-corrected chi connectivity index (χ3v) is 6.71. The molecule has 1 aliphatic rings. The first-order valence-corrected chi connectivity index (χ1v) is 10.7. The van der Waals surface area contributed by atoms with Gasteiger partial charge in [0, 0.05) is 36.5 Å². The van der Waals surface area contributed by atoms with E-state index in [4.69, 9.17) is 14.2 Å². The van der Waals surface area contributed by atoms with Gasteiger partial charge in [-0.05, 0) is 31.0 Å². The van der Waals surface area contributed by atoms with Gasteiger partial charge >= 0.3 is 0 Å². The number of carbonyl (C=O) groups is 1. The molecule has 1 amide bonds. The van der Waals surface area contributed by atoms with Crippen molar-refractivity contribution in [2.24, 2.45) is 0 Å². The molecule has 0 unspecified atom stereocenters. The molecule has 0 aromatic heterocycles. The largest absolute Gasteiger partial charge is 0.493 e. The van der Waals surface area contributed by atoms with E-state index in [-0.39, 0.29) is 5.56 Å². The molecule has 1 aliphatic heterocycles. The highest BCUT2D eigenvalue weighted by atomic mass is 32.2. The fourth-order valence-corrected chi connectivity index (χ4v) is 4.87. The molecule has 162 valence electrons. The molecule has 1 N–H and O–H groups in total. The maximum atomic E-state index is 14.3. The number of sulfonamides is 1. The summed E-state index contributed by atoms with van der Waals surface area (Å²) in [6, 6.07) is 6.32. The molecule has 1 saturated heterocycles. The summed E-state index contributed by atoms with van der Waals surface area (Å²) in [6.07, 6.45) is 1.45. The summed E-state index contributed by atoms with van der Waals surface area (Å²) in [5.74, 6) is -0.473. The van der Waals surface area contributed by atoms with E-state index >= 15 is 0 Å². The Morgan fingerprint density at radius 1 is 1.00 bits per heavy atom. The normalized spacial score (nSPS) is 14.4. The monoisotopic (exact) mass is 438 g/mol. The summed E-state index contributed by atoms with van der Waals surface area (Å²) in [4.78, 5) is 12.2. The maximum Gasteiger partial charge on any atom is 0.255 e. The number of nitrogens with zero attached hydrogens (tertiary/aromatic N) is 1. The number of halogens is 1. The van der Waals surface area contributed by atoms with Gasteiger partial charge in [0.1, 0.15) is 10.7 Å². The van der Waals surface area contributed by atoms with Gasteiger partial charge in [-0.25, -0.2) is 12.8 Å². The Hall–Kier alpha value is -2.85. The van der Waals surface area contributed by atoms with Gasteiger partial charge in [-0.15, -0.1) is 0 Å². The van der Waals surface area contributed by atoms with Gasteiger partial charge in [0.25, 0.3) is 5.91 Å². The number of hydrogen-bond acceptors (Lipinski definition) is 6. The Kier molecular flexibility index (Phi) is 6.47. The number of benzene rings is 2. The number of carbonyl (C=O) groups excluding carboxylic acids is 1. The standard InChI is InChI=1S/C20H23FN2O6S/c1-27-16-11-14(12-17(28-2)19(16)29-3)22-20(24)13-6-7-15(21)18(10-13)30(25,26)23-8-4-5-9-23/h6-7,10-12H,4-5,8-9H2,1-3H3,(H,22,24). The third kappa shape index (κ3) is 4.19. The number of rotatable bonds is 7. The molecule has 10 heteroatoms. The van der Waals surface area contributed by atoms with Gasteiger partial charge in [0.05, 0.1) is 21.3 Å². The van der Waals surface area contributed by atoms with Crippen molar-refractivity contribution < 1.29 is 31.8 Å². The van der Waals surface area contributed by atoms with Gasteiger partial charge in [-0.3, -0.25) is 4.79 Å². The summed E-state index contributed by atoms with van der Waals surface area (Å²) in [5.41, 5.74) is 0.339. The zero-order valence-electron chi connectivity index (χ0n) is 16.9. The summed E-state index contributed by atoms with van der Waals surface area (Å²) in [6.45, 7) is 0.674. The molecule has 0 atom stereocenters. The Bertz CT molecular complexity index is 1030. The molecule has 2 aromatic carbocycles. The maximum absolute atomic E-state index is 14.3. The molecular formula is C20H23FN2O6S. The van der Waals surface area contributed by atoms with E-state index in [1.807, 2.05) is 0 Å². The minimum atomic E-state index is -4.01. The van der Waals surface area contributed by atoms with Crippen LogP contribution in [-0.4, -0.2) is 53.0 Å². The molecule has 3 rings (SSSR count). The first kappa shape index (κ1) is 21.8. The molecule has 1 heterocycles. The van der Waals surface area contributed by atoms with Gasteiger partial charge in [-0.1, -0.05) is 0 Å². The molecular weight excluding hydrogens is 415 g/mol. The highest BCUT2D eigenvalue weighted by Crippen LogP contribution is 2.40. The second kappa shape index (κ2) is 8.88. The highest BCUT2D eigenvalue weighted by Gasteiger charge is 2.30. The quantitative estimate of drug-likeness (QED) is 0.715. The van der Waals surface area contributed by atoms with Gasteiger partial charge in [0.2, 0.25) is 15.8 Å². The van der Waals surface area contributed by atoms with E-state index < -0.39 is 26.6 Å². The topological polar surface area (TPSA) is 94.2 Å². The van der Waals surface area contributed by atoms with E-state index in [9.17, 15) is 17.6 Å². The lowest BCUT2D eigenvalue weighted by Gasteiger charge is -2.17. The Labute approximate surface area is 174 Å². The zero-order chi connectivity index (χ0) is 21.9. The molecule has 0 saturated carbocycles. The first-order chi connectivity index (χ1) is 14.3. The number of anilines is 1. The SMILES string of the molecule is COc1cc(NC(=O)c2ccc(F)c(S(=O)(=O)N3CCCC3)c2)cc(OC)c1OC. The lowest BCUT2D eigenvalue weighted by Crippen LogP contribution is -2.29. The predicted molar refractivity (Wildman–Crippen MR) is 108 cm³/mol. The molecule has 2 aromatic rings. The van der Waals surface area contributed by atoms with E-state index in [2.05, 4.69) is 5.32 Å². The van der Waals surface area contributed by atoms with Crippen LogP contribution in [0.25, 0.3) is 0 Å². The zero-order valence-corrected chi connectivity index (χ0v) is 17.7. The summed E-state index contributed by atoms with van der Waals surface area (Å²) >= 11 is 0. The van der Waals surface area contributed by atoms with Crippen molar-refractivity contribution in [3.8, 4) is 17.2 Å². The van der Waals surface area contributed by atoms with Crippen molar-refractivity contribution in [1.82, 2.24) is 4.31 Å². The predicted octanol–water partition coefficient (Wildman–Crippen LogP) is 2.89. The molecule has 1 fully saturated rings. The van der Waals surface area contributed by atoms with E-state index in [1.165, 1.54) is 43.8 Å². The van der Waals surface area contributed by atoms with Crippen molar-refractivity contribution in [2.45, 2.75) is 17.7 Å². The number of amides is 1. The summed E-state index contributed by atoms with van der Waals surface area (Å²) in [5, 5.41) is 2.64. The van der Waals surface area contributed by atoms with Crippen LogP contribution in [0.4, 0.5) is 10.1 Å². The second-order valence-corrected chi connectivity index (χ2v) is 8.53. The average Bonchev–Trinajstić information content (AvgIpc) is 3.29. The highest BCUT2D eigenvalue weighted by molar-refractivity contribution is 7.89. The number of hydrogen-bond donors (Lipinski definition) is 1. The number of nitrogens with one attached hydrogen (secondary N) is 1. The van der Waals surface area contributed by atoms with Crippen molar-refractivity contribution in [3.63, 3.8) is 0 Å². The van der Waals surface area contributed by atoms with Crippen molar-refractivity contribution >= 4 is 21.6 Å². The smallest absolute Gasteiger partial charge is 0.255 e. The van der Waals surface area contributed by atoms with Gasteiger partial charge in [-0.2, -0.15) is 4.31 Å². The molecule has 0 radical (unpaired) electrons. The fraction of sp³-hybridized carbons (Fsp3) is 0.350. The fourth-order valence-electron chi connectivity index (χ4n) is 3.27. The van der Waals surface area contributed by atoms with Crippen LogP contribution in [0.15, 0.2) is 35.2 Å². The van der Waals surface area contributed by atoms with E-state index in [0.29, 0.717) is 36.0 Å². The van der Waals surface area contributed by atoms with E-state index in [1.54, 1.807) is 0 Å². The van der Waals surface area contributed by atoms with Crippen LogP contribution >= 0.6 is 0 Å².